The Morgan fingerprint density at radius 2 is 2.00 bits per heavy atom. The Morgan fingerprint density at radius 1 is 1.27 bits per heavy atom. The van der Waals surface area contributed by atoms with Crippen molar-refractivity contribution in [2.45, 2.75) is 0 Å². The predicted molar refractivity (Wildman–Crippen MR) is 59.8 cm³/mol. The molecule has 15 heavy (non-hydrogen) atoms. The first-order valence-corrected chi connectivity index (χ1v) is 5.27. The molecule has 78 valence electrons. The maximum absolute atomic E-state index is 10.6. The third kappa shape index (κ3) is 2.08. The van der Waals surface area contributed by atoms with Crippen molar-refractivity contribution in [3.63, 3.8) is 0 Å². The summed E-state index contributed by atoms with van der Waals surface area (Å²) in [7, 11) is 0. The molecule has 4 nitrogen and oxygen atoms in total. The molecular formula is C10H9NO3S. The van der Waals surface area contributed by atoms with Gasteiger partial charge in [-0.1, -0.05) is 24.3 Å². The molecule has 0 aliphatic heterocycles. The van der Waals surface area contributed by atoms with Crippen molar-refractivity contribution in [1.82, 2.24) is 0 Å². The lowest BCUT2D eigenvalue weighted by atomic mass is 10.1. The number of nitrogens with two attached hydrogens (primary N) is 1. The Kier molecular flexibility index (Phi) is 2.57. The molecule has 0 radical (unpaired) electrons. The van der Waals surface area contributed by atoms with Crippen LogP contribution < -0.4 is 9.92 Å². The van der Waals surface area contributed by atoms with Gasteiger partial charge < -0.3 is 9.92 Å². The zero-order chi connectivity index (χ0) is 10.8. The predicted octanol–water partition coefficient (Wildman–Crippen LogP) is 1.94. The lowest BCUT2D eigenvalue weighted by Gasteiger charge is -2.06. The van der Waals surface area contributed by atoms with Crippen LogP contribution in [0.1, 0.15) is 0 Å². The summed E-state index contributed by atoms with van der Waals surface area (Å²) in [5.41, 5.74) is 6.13. The summed E-state index contributed by atoms with van der Waals surface area (Å²) in [5, 5.41) is 1.63. The van der Waals surface area contributed by atoms with Gasteiger partial charge in [0.2, 0.25) is 0 Å². The van der Waals surface area contributed by atoms with Crippen LogP contribution in [0.25, 0.3) is 10.8 Å². The monoisotopic (exact) mass is 223 g/mol. The second-order valence-electron chi connectivity index (χ2n) is 3.04. The van der Waals surface area contributed by atoms with Crippen LogP contribution in [0.15, 0.2) is 36.4 Å². The normalized spacial score (nSPS) is 12.6. The largest absolute Gasteiger partial charge is 0.399 e. The highest BCUT2D eigenvalue weighted by atomic mass is 32.2. The van der Waals surface area contributed by atoms with Gasteiger partial charge in [0.1, 0.15) is 0 Å². The van der Waals surface area contributed by atoms with Crippen LogP contribution in [0.4, 0.5) is 5.69 Å². The molecule has 0 saturated carbocycles. The molecule has 2 aromatic rings. The van der Waals surface area contributed by atoms with Gasteiger partial charge in [-0.15, -0.1) is 0 Å². The van der Waals surface area contributed by atoms with E-state index in [1.165, 1.54) is 6.07 Å². The zero-order valence-electron chi connectivity index (χ0n) is 7.71. The summed E-state index contributed by atoms with van der Waals surface area (Å²) in [5.74, 6) is 0.312. The number of hydrogen-bond donors (Lipinski definition) is 2. The van der Waals surface area contributed by atoms with Crippen molar-refractivity contribution in [3.05, 3.63) is 36.4 Å². The van der Waals surface area contributed by atoms with E-state index < -0.39 is 11.4 Å². The van der Waals surface area contributed by atoms with E-state index >= 15 is 0 Å². The van der Waals surface area contributed by atoms with Gasteiger partial charge in [-0.25, -0.2) is 0 Å². The van der Waals surface area contributed by atoms with E-state index in [1.807, 2.05) is 18.2 Å². The number of hydrogen-bond acceptors (Lipinski definition) is 3. The third-order valence-electron chi connectivity index (χ3n) is 2.01. The summed E-state index contributed by atoms with van der Waals surface area (Å²) in [6, 6.07) is 10.7. The van der Waals surface area contributed by atoms with Crippen LogP contribution in [-0.2, 0) is 11.4 Å². The minimum atomic E-state index is -2.34. The highest BCUT2D eigenvalue weighted by molar-refractivity contribution is 7.74. The van der Waals surface area contributed by atoms with Crippen LogP contribution in [0.2, 0.25) is 0 Å². The van der Waals surface area contributed by atoms with Gasteiger partial charge in [-0.05, 0) is 11.5 Å². The molecule has 0 amide bonds. The lowest BCUT2D eigenvalue weighted by molar-refractivity contribution is 0.460. The van der Waals surface area contributed by atoms with E-state index in [4.69, 9.17) is 14.5 Å². The van der Waals surface area contributed by atoms with Gasteiger partial charge in [-0.3, -0.25) is 4.55 Å². The first-order valence-electron chi connectivity index (χ1n) is 4.24. The van der Waals surface area contributed by atoms with Gasteiger partial charge in [0, 0.05) is 17.1 Å². The Bertz CT molecular complexity index is 527. The molecule has 0 aromatic heterocycles. The molecule has 0 fully saturated rings. The fourth-order valence-electron chi connectivity index (χ4n) is 1.44. The first-order chi connectivity index (χ1) is 7.16. The number of fused-ring (bicyclic) bond motifs is 1. The lowest BCUT2D eigenvalue weighted by Crippen LogP contribution is -1.99. The zero-order valence-corrected chi connectivity index (χ0v) is 8.53. The number of rotatable bonds is 2. The van der Waals surface area contributed by atoms with Gasteiger partial charge in [-0.2, -0.15) is 4.21 Å². The molecule has 0 saturated heterocycles. The van der Waals surface area contributed by atoms with Crippen molar-refractivity contribution in [3.8, 4) is 5.75 Å². The molecule has 2 aromatic carbocycles. The van der Waals surface area contributed by atoms with Crippen LogP contribution in [0.3, 0.4) is 0 Å². The Hall–Kier alpha value is -1.59. The minimum Gasteiger partial charge on any atom is -0.399 e. The van der Waals surface area contributed by atoms with Crippen molar-refractivity contribution in [2.24, 2.45) is 0 Å². The smallest absolute Gasteiger partial charge is 0.357 e. The summed E-state index contributed by atoms with van der Waals surface area (Å²) in [6.07, 6.45) is 0. The molecule has 0 aliphatic carbocycles. The summed E-state index contributed by atoms with van der Waals surface area (Å²) >= 11 is -2.34. The second kappa shape index (κ2) is 3.88. The van der Waals surface area contributed by atoms with Gasteiger partial charge >= 0.3 is 11.4 Å². The van der Waals surface area contributed by atoms with Gasteiger partial charge in [0.15, 0.2) is 5.75 Å². The average Bonchev–Trinajstić information content (AvgIpc) is 2.16. The SMILES string of the molecule is Nc1cc(OS(=O)O)c2ccccc2c1. The average molecular weight is 223 g/mol. The molecule has 0 spiro atoms. The maximum Gasteiger partial charge on any atom is 0.357 e. The van der Waals surface area contributed by atoms with Crippen molar-refractivity contribution < 1.29 is 12.9 Å². The van der Waals surface area contributed by atoms with E-state index in [-0.39, 0.29) is 0 Å². The number of nitrogen functional groups attached to an aromatic ring is 1. The van der Waals surface area contributed by atoms with Crippen molar-refractivity contribution >= 4 is 27.8 Å². The summed E-state index contributed by atoms with van der Waals surface area (Å²) < 4.78 is 24.0. The van der Waals surface area contributed by atoms with E-state index in [0.717, 1.165) is 10.8 Å². The molecule has 3 N–H and O–H groups in total. The molecule has 0 aliphatic rings. The van der Waals surface area contributed by atoms with Crippen LogP contribution in [0.5, 0.6) is 5.75 Å². The van der Waals surface area contributed by atoms with E-state index in [1.54, 1.807) is 12.1 Å². The van der Waals surface area contributed by atoms with E-state index in [9.17, 15) is 4.21 Å². The minimum absolute atomic E-state index is 0.312. The maximum atomic E-state index is 10.6. The van der Waals surface area contributed by atoms with Crippen LogP contribution in [-0.4, -0.2) is 8.76 Å². The molecule has 0 bridgehead atoms. The van der Waals surface area contributed by atoms with Gasteiger partial charge in [0.05, 0.1) is 0 Å². The van der Waals surface area contributed by atoms with Crippen molar-refractivity contribution in [1.29, 1.82) is 0 Å². The third-order valence-corrected chi connectivity index (χ3v) is 2.33. The number of benzene rings is 2. The standard InChI is InChI=1S/C10H9NO3S/c11-8-5-7-3-1-2-4-9(7)10(6-8)14-15(12)13/h1-6H,11H2,(H,12,13). The summed E-state index contributed by atoms with van der Waals surface area (Å²) in [6.45, 7) is 0. The Labute approximate surface area is 89.2 Å². The molecule has 1 unspecified atom stereocenters. The molecule has 2 rings (SSSR count). The van der Waals surface area contributed by atoms with Gasteiger partial charge in [0.25, 0.3) is 0 Å². The molecule has 0 heterocycles. The van der Waals surface area contributed by atoms with Crippen LogP contribution >= 0.6 is 0 Å². The fourth-order valence-corrected chi connectivity index (χ4v) is 1.73. The van der Waals surface area contributed by atoms with Crippen molar-refractivity contribution in [2.75, 3.05) is 5.73 Å². The first kappa shape index (κ1) is 9.95. The topological polar surface area (TPSA) is 72.5 Å². The fraction of sp³-hybridized carbons (Fsp3) is 0. The molecular weight excluding hydrogens is 214 g/mol. The van der Waals surface area contributed by atoms with E-state index in [0.29, 0.717) is 11.4 Å². The number of anilines is 1. The molecule has 5 heteroatoms. The second-order valence-corrected chi connectivity index (χ2v) is 3.64. The Balaban J connectivity index is 2.65. The van der Waals surface area contributed by atoms with Crippen LogP contribution in [0, 0.1) is 0 Å². The highest BCUT2D eigenvalue weighted by Crippen LogP contribution is 2.28. The Morgan fingerprint density at radius 3 is 2.73 bits per heavy atom. The highest BCUT2D eigenvalue weighted by Gasteiger charge is 2.05. The van der Waals surface area contributed by atoms with E-state index in [2.05, 4.69) is 0 Å². The molecule has 1 atom stereocenters. The summed E-state index contributed by atoms with van der Waals surface area (Å²) in [4.78, 5) is 0. The quantitative estimate of drug-likeness (QED) is 0.602.